The summed E-state index contributed by atoms with van der Waals surface area (Å²) in [5.74, 6) is 1.94. The van der Waals surface area contributed by atoms with Crippen LogP contribution in [-0.4, -0.2) is 48.2 Å². The Balaban J connectivity index is 1.40. The number of likely N-dealkylation sites (tertiary alicyclic amines) is 1. The standard InChI is InChI=1S/C29H34FN3O2S/c1-3-34-26-9-10-27(28(17-26)35-20-21-11-13-33(2)14-12-21)23-7-8-25(31-19-23)16-29(36)32-18-22-5-4-6-24(30)15-22/h4-10,15,17,19,21H,3,11-14,16,18,20H2,1-2H3,(H,32,36). The predicted octanol–water partition coefficient (Wildman–Crippen LogP) is 5.67. The van der Waals surface area contributed by atoms with E-state index >= 15 is 0 Å². The Morgan fingerprint density at radius 2 is 1.94 bits per heavy atom. The average molecular weight is 508 g/mol. The lowest BCUT2D eigenvalue weighted by atomic mass is 9.98. The van der Waals surface area contributed by atoms with Gasteiger partial charge in [0.25, 0.3) is 0 Å². The number of pyridine rings is 1. The molecule has 0 unspecified atom stereocenters. The van der Waals surface area contributed by atoms with Crippen LogP contribution in [0.2, 0.25) is 0 Å². The molecule has 190 valence electrons. The third-order valence-corrected chi connectivity index (χ3v) is 6.72. The molecule has 0 radical (unpaired) electrons. The summed E-state index contributed by atoms with van der Waals surface area (Å²) in [4.78, 5) is 7.68. The van der Waals surface area contributed by atoms with Gasteiger partial charge < -0.3 is 19.7 Å². The number of hydrogen-bond acceptors (Lipinski definition) is 5. The first-order valence-corrected chi connectivity index (χ1v) is 13.0. The smallest absolute Gasteiger partial charge is 0.130 e. The van der Waals surface area contributed by atoms with Gasteiger partial charge in [0.15, 0.2) is 0 Å². The van der Waals surface area contributed by atoms with E-state index in [9.17, 15) is 4.39 Å². The number of halogens is 1. The molecule has 1 aromatic heterocycles. The van der Waals surface area contributed by atoms with Gasteiger partial charge in [-0.05, 0) is 81.7 Å². The highest BCUT2D eigenvalue weighted by Gasteiger charge is 2.18. The van der Waals surface area contributed by atoms with Crippen LogP contribution in [0, 0.1) is 11.7 Å². The Morgan fingerprint density at radius 3 is 2.67 bits per heavy atom. The van der Waals surface area contributed by atoms with Crippen LogP contribution in [0.15, 0.2) is 60.8 Å². The molecular formula is C29H34FN3O2S. The average Bonchev–Trinajstić information content (AvgIpc) is 2.88. The van der Waals surface area contributed by atoms with Gasteiger partial charge in [-0.1, -0.05) is 30.4 Å². The van der Waals surface area contributed by atoms with Gasteiger partial charge in [-0.15, -0.1) is 0 Å². The first-order valence-electron chi connectivity index (χ1n) is 12.5. The summed E-state index contributed by atoms with van der Waals surface area (Å²) in [6, 6.07) is 16.5. The molecule has 2 aromatic carbocycles. The number of benzene rings is 2. The lowest BCUT2D eigenvalue weighted by molar-refractivity contribution is 0.160. The quantitative estimate of drug-likeness (QED) is 0.357. The molecular weight excluding hydrogens is 473 g/mol. The van der Waals surface area contributed by atoms with E-state index in [-0.39, 0.29) is 5.82 Å². The summed E-state index contributed by atoms with van der Waals surface area (Å²) in [5.41, 5.74) is 3.70. The number of thiocarbonyl (C=S) groups is 1. The molecule has 1 aliphatic rings. The Kier molecular flexibility index (Phi) is 9.25. The van der Waals surface area contributed by atoms with Crippen LogP contribution in [-0.2, 0) is 13.0 Å². The fourth-order valence-corrected chi connectivity index (χ4v) is 4.54. The Bertz CT molecular complexity index is 1150. The second-order valence-corrected chi connectivity index (χ2v) is 9.76. The van der Waals surface area contributed by atoms with Gasteiger partial charge in [-0.2, -0.15) is 0 Å². The van der Waals surface area contributed by atoms with E-state index in [2.05, 4.69) is 28.3 Å². The van der Waals surface area contributed by atoms with Gasteiger partial charge in [0.2, 0.25) is 0 Å². The van der Waals surface area contributed by atoms with Crippen molar-refractivity contribution in [3.8, 4) is 22.6 Å². The van der Waals surface area contributed by atoms with Crippen LogP contribution in [0.1, 0.15) is 31.0 Å². The molecule has 1 fully saturated rings. The highest BCUT2D eigenvalue weighted by molar-refractivity contribution is 7.80. The van der Waals surface area contributed by atoms with E-state index in [0.29, 0.717) is 37.1 Å². The summed E-state index contributed by atoms with van der Waals surface area (Å²) in [6.07, 6.45) is 4.69. The third kappa shape index (κ3) is 7.48. The van der Waals surface area contributed by atoms with Crippen molar-refractivity contribution in [1.29, 1.82) is 0 Å². The van der Waals surface area contributed by atoms with Gasteiger partial charge in [-0.25, -0.2) is 4.39 Å². The normalized spacial score (nSPS) is 14.4. The molecule has 36 heavy (non-hydrogen) atoms. The van der Waals surface area contributed by atoms with Crippen LogP contribution in [0.4, 0.5) is 4.39 Å². The molecule has 0 aliphatic carbocycles. The SMILES string of the molecule is CCOc1ccc(-c2ccc(CC(=S)NCc3cccc(F)c3)nc2)c(OCC2CCN(C)CC2)c1. The van der Waals surface area contributed by atoms with Crippen molar-refractivity contribution in [2.45, 2.75) is 32.7 Å². The van der Waals surface area contributed by atoms with Crippen molar-refractivity contribution in [1.82, 2.24) is 15.2 Å². The largest absolute Gasteiger partial charge is 0.494 e. The zero-order valence-electron chi connectivity index (χ0n) is 21.0. The Hall–Kier alpha value is -3.03. The summed E-state index contributed by atoms with van der Waals surface area (Å²) in [7, 11) is 2.17. The predicted molar refractivity (Wildman–Crippen MR) is 146 cm³/mol. The van der Waals surface area contributed by atoms with Crippen LogP contribution in [0.5, 0.6) is 11.5 Å². The summed E-state index contributed by atoms with van der Waals surface area (Å²) >= 11 is 5.48. The maximum absolute atomic E-state index is 13.4. The first-order chi connectivity index (χ1) is 17.5. The van der Waals surface area contributed by atoms with Crippen molar-refractivity contribution in [2.75, 3.05) is 33.4 Å². The number of rotatable bonds is 10. The number of aromatic nitrogens is 1. The minimum absolute atomic E-state index is 0.249. The topological polar surface area (TPSA) is 46.6 Å². The molecule has 3 aromatic rings. The highest BCUT2D eigenvalue weighted by atomic mass is 32.1. The van der Waals surface area contributed by atoms with Gasteiger partial charge >= 0.3 is 0 Å². The number of nitrogens with zero attached hydrogens (tertiary/aromatic N) is 2. The van der Waals surface area contributed by atoms with Crippen LogP contribution >= 0.6 is 12.2 Å². The van der Waals surface area contributed by atoms with Gasteiger partial charge in [0, 0.05) is 42.0 Å². The van der Waals surface area contributed by atoms with E-state index in [1.54, 1.807) is 6.07 Å². The molecule has 0 amide bonds. The van der Waals surface area contributed by atoms with Crippen LogP contribution in [0.3, 0.4) is 0 Å². The van der Waals surface area contributed by atoms with Crippen LogP contribution < -0.4 is 14.8 Å². The lowest BCUT2D eigenvalue weighted by Gasteiger charge is -2.29. The molecule has 0 atom stereocenters. The molecule has 0 bridgehead atoms. The first kappa shape index (κ1) is 26.0. The minimum atomic E-state index is -0.249. The molecule has 7 heteroatoms. The fraction of sp³-hybridized carbons (Fsp3) is 0.379. The summed E-state index contributed by atoms with van der Waals surface area (Å²) in [6.45, 7) is 6.00. The van der Waals surface area contributed by atoms with E-state index in [0.717, 1.165) is 59.8 Å². The Morgan fingerprint density at radius 1 is 1.11 bits per heavy atom. The monoisotopic (exact) mass is 507 g/mol. The minimum Gasteiger partial charge on any atom is -0.494 e. The summed E-state index contributed by atoms with van der Waals surface area (Å²) < 4.78 is 25.4. The van der Waals surface area contributed by atoms with Crippen LogP contribution in [0.25, 0.3) is 11.1 Å². The molecule has 1 saturated heterocycles. The highest BCUT2D eigenvalue weighted by Crippen LogP contribution is 2.34. The molecule has 0 saturated carbocycles. The van der Waals surface area contributed by atoms with Crippen molar-refractivity contribution in [3.63, 3.8) is 0 Å². The molecule has 5 nitrogen and oxygen atoms in total. The second-order valence-electron chi connectivity index (χ2n) is 9.27. The number of nitrogens with one attached hydrogen (secondary N) is 1. The van der Waals surface area contributed by atoms with E-state index in [1.807, 2.05) is 43.5 Å². The zero-order chi connectivity index (χ0) is 25.3. The molecule has 4 rings (SSSR count). The van der Waals surface area contributed by atoms with Gasteiger partial charge in [0.1, 0.15) is 17.3 Å². The van der Waals surface area contributed by atoms with Crippen molar-refractivity contribution in [3.05, 3.63) is 77.9 Å². The number of hydrogen-bond donors (Lipinski definition) is 1. The van der Waals surface area contributed by atoms with E-state index < -0.39 is 0 Å². The number of piperidine rings is 1. The fourth-order valence-electron chi connectivity index (χ4n) is 4.32. The molecule has 0 spiro atoms. The van der Waals surface area contributed by atoms with Gasteiger partial charge in [-0.3, -0.25) is 4.98 Å². The maximum atomic E-state index is 13.4. The van der Waals surface area contributed by atoms with E-state index in [4.69, 9.17) is 21.7 Å². The molecule has 2 heterocycles. The summed E-state index contributed by atoms with van der Waals surface area (Å²) in [5, 5.41) is 3.19. The number of ether oxygens (including phenoxy) is 2. The second kappa shape index (κ2) is 12.8. The zero-order valence-corrected chi connectivity index (χ0v) is 21.8. The Labute approximate surface area is 218 Å². The van der Waals surface area contributed by atoms with Gasteiger partial charge in [0.05, 0.1) is 18.2 Å². The van der Waals surface area contributed by atoms with E-state index in [1.165, 1.54) is 12.1 Å². The maximum Gasteiger partial charge on any atom is 0.130 e. The molecule has 1 N–H and O–H groups in total. The van der Waals surface area contributed by atoms with Crippen molar-refractivity contribution in [2.24, 2.45) is 5.92 Å². The lowest BCUT2D eigenvalue weighted by Crippen LogP contribution is -2.32. The third-order valence-electron chi connectivity index (χ3n) is 6.43. The van der Waals surface area contributed by atoms with Crippen molar-refractivity contribution >= 4 is 17.2 Å². The molecule has 1 aliphatic heterocycles. The van der Waals surface area contributed by atoms with Crippen molar-refractivity contribution < 1.29 is 13.9 Å².